The highest BCUT2D eigenvalue weighted by atomic mass is 16.2. The van der Waals surface area contributed by atoms with E-state index in [9.17, 15) is 14.4 Å². The SMILES string of the molecule is CC(C)NC(=O)C(=O)N1CCN(C(=O)c2ccc(-n3cnc4ccccc43)cc2)CC1. The summed E-state index contributed by atoms with van der Waals surface area (Å²) < 4.78 is 1.98. The number of aromatic nitrogens is 2. The van der Waals surface area contributed by atoms with Crippen LogP contribution >= 0.6 is 0 Å². The van der Waals surface area contributed by atoms with Crippen LogP contribution in [-0.2, 0) is 9.59 Å². The van der Waals surface area contributed by atoms with Crippen LogP contribution in [-0.4, -0.2) is 69.3 Å². The van der Waals surface area contributed by atoms with E-state index in [0.717, 1.165) is 16.7 Å². The van der Waals surface area contributed by atoms with Gasteiger partial charge in [-0.3, -0.25) is 19.0 Å². The van der Waals surface area contributed by atoms with Gasteiger partial charge in [0.2, 0.25) is 0 Å². The zero-order chi connectivity index (χ0) is 22.0. The van der Waals surface area contributed by atoms with Gasteiger partial charge in [-0.15, -0.1) is 0 Å². The molecule has 0 bridgehead atoms. The van der Waals surface area contributed by atoms with Crippen molar-refractivity contribution in [2.45, 2.75) is 19.9 Å². The number of piperazine rings is 1. The van der Waals surface area contributed by atoms with Crippen LogP contribution in [0.15, 0.2) is 54.9 Å². The summed E-state index contributed by atoms with van der Waals surface area (Å²) in [4.78, 5) is 44.6. The van der Waals surface area contributed by atoms with Gasteiger partial charge in [0.05, 0.1) is 11.0 Å². The lowest BCUT2D eigenvalue weighted by molar-refractivity contribution is -0.147. The van der Waals surface area contributed by atoms with Gasteiger partial charge < -0.3 is 15.1 Å². The molecule has 1 fully saturated rings. The Kier molecular flexibility index (Phi) is 5.70. The van der Waals surface area contributed by atoms with Crippen LogP contribution in [0.25, 0.3) is 16.7 Å². The Morgan fingerprint density at radius 1 is 0.903 bits per heavy atom. The number of carbonyl (C=O) groups excluding carboxylic acids is 3. The minimum Gasteiger partial charge on any atom is -0.346 e. The number of nitrogens with zero attached hydrogens (tertiary/aromatic N) is 4. The molecule has 0 unspecified atom stereocenters. The quantitative estimate of drug-likeness (QED) is 0.656. The van der Waals surface area contributed by atoms with Crippen molar-refractivity contribution in [3.8, 4) is 5.69 Å². The number of rotatable bonds is 3. The van der Waals surface area contributed by atoms with Gasteiger partial charge in [-0.1, -0.05) is 12.1 Å². The summed E-state index contributed by atoms with van der Waals surface area (Å²) >= 11 is 0. The second-order valence-electron chi connectivity index (χ2n) is 7.86. The summed E-state index contributed by atoms with van der Waals surface area (Å²) in [6, 6.07) is 15.2. The number of fused-ring (bicyclic) bond motifs is 1. The second kappa shape index (κ2) is 8.59. The largest absolute Gasteiger partial charge is 0.346 e. The number of nitrogens with one attached hydrogen (secondary N) is 1. The van der Waals surface area contributed by atoms with Crippen LogP contribution in [0, 0.1) is 0 Å². The molecule has 1 aliphatic rings. The third kappa shape index (κ3) is 4.28. The Hall–Kier alpha value is -3.68. The molecule has 0 atom stereocenters. The number of para-hydroxylation sites is 2. The molecule has 8 heteroatoms. The number of carbonyl (C=O) groups is 3. The molecule has 31 heavy (non-hydrogen) atoms. The van der Waals surface area contributed by atoms with Crippen molar-refractivity contribution < 1.29 is 14.4 Å². The third-order valence-electron chi connectivity index (χ3n) is 5.31. The Bertz CT molecular complexity index is 1110. The van der Waals surface area contributed by atoms with Crippen LogP contribution in [0.4, 0.5) is 0 Å². The topological polar surface area (TPSA) is 87.5 Å². The molecule has 0 aliphatic carbocycles. The van der Waals surface area contributed by atoms with E-state index in [0.29, 0.717) is 31.7 Å². The molecule has 3 amide bonds. The molecule has 2 aromatic carbocycles. The van der Waals surface area contributed by atoms with Crippen LogP contribution in [0.1, 0.15) is 24.2 Å². The first-order valence-corrected chi connectivity index (χ1v) is 10.4. The monoisotopic (exact) mass is 419 g/mol. The minimum atomic E-state index is -0.600. The van der Waals surface area contributed by atoms with Gasteiger partial charge >= 0.3 is 11.8 Å². The van der Waals surface area contributed by atoms with Crippen molar-refractivity contribution in [2.75, 3.05) is 26.2 Å². The number of hydrogen-bond acceptors (Lipinski definition) is 4. The average molecular weight is 419 g/mol. The predicted molar refractivity (Wildman–Crippen MR) is 117 cm³/mol. The number of imidazole rings is 1. The average Bonchev–Trinajstić information content (AvgIpc) is 3.22. The minimum absolute atomic E-state index is 0.0826. The van der Waals surface area contributed by atoms with Crippen LogP contribution in [0.3, 0.4) is 0 Å². The summed E-state index contributed by atoms with van der Waals surface area (Å²) in [5.41, 5.74) is 3.43. The Balaban J connectivity index is 1.39. The molecule has 3 aromatic rings. The molecule has 1 saturated heterocycles. The van der Waals surface area contributed by atoms with Crippen molar-refractivity contribution >= 4 is 28.8 Å². The van der Waals surface area contributed by atoms with Gasteiger partial charge in [-0.2, -0.15) is 0 Å². The smallest absolute Gasteiger partial charge is 0.312 e. The molecule has 1 N–H and O–H groups in total. The fraction of sp³-hybridized carbons (Fsp3) is 0.304. The first kappa shape index (κ1) is 20.6. The van der Waals surface area contributed by atoms with Gasteiger partial charge in [0.15, 0.2) is 0 Å². The molecule has 2 heterocycles. The molecule has 4 rings (SSSR count). The highest BCUT2D eigenvalue weighted by Crippen LogP contribution is 2.19. The lowest BCUT2D eigenvalue weighted by Gasteiger charge is -2.34. The second-order valence-corrected chi connectivity index (χ2v) is 7.86. The number of hydrogen-bond donors (Lipinski definition) is 1. The van der Waals surface area contributed by atoms with Crippen molar-refractivity contribution in [1.82, 2.24) is 24.7 Å². The summed E-state index contributed by atoms with van der Waals surface area (Å²) in [6.07, 6.45) is 1.77. The predicted octanol–water partition coefficient (Wildman–Crippen LogP) is 1.83. The maximum Gasteiger partial charge on any atom is 0.312 e. The third-order valence-corrected chi connectivity index (χ3v) is 5.31. The molecular formula is C23H25N5O3. The van der Waals surface area contributed by atoms with E-state index < -0.39 is 11.8 Å². The van der Waals surface area contributed by atoms with Crippen molar-refractivity contribution in [3.05, 3.63) is 60.4 Å². The van der Waals surface area contributed by atoms with Crippen molar-refractivity contribution in [2.24, 2.45) is 0 Å². The molecular weight excluding hydrogens is 394 g/mol. The highest BCUT2D eigenvalue weighted by molar-refractivity contribution is 6.35. The molecule has 0 spiro atoms. The zero-order valence-corrected chi connectivity index (χ0v) is 17.6. The fourth-order valence-electron chi connectivity index (χ4n) is 3.69. The first-order valence-electron chi connectivity index (χ1n) is 10.4. The van der Waals surface area contributed by atoms with E-state index >= 15 is 0 Å². The molecule has 1 aromatic heterocycles. The van der Waals surface area contributed by atoms with Gasteiger partial charge in [0, 0.05) is 43.5 Å². The summed E-state index contributed by atoms with van der Waals surface area (Å²) in [7, 11) is 0. The van der Waals surface area contributed by atoms with E-state index in [4.69, 9.17) is 0 Å². The number of amides is 3. The Labute approximate surface area is 180 Å². The maximum absolute atomic E-state index is 12.9. The van der Waals surface area contributed by atoms with Crippen molar-refractivity contribution in [3.63, 3.8) is 0 Å². The molecule has 160 valence electrons. The van der Waals surface area contributed by atoms with Crippen LogP contribution < -0.4 is 5.32 Å². The Morgan fingerprint density at radius 3 is 2.23 bits per heavy atom. The van der Waals surface area contributed by atoms with Gasteiger partial charge in [-0.25, -0.2) is 4.98 Å². The van der Waals surface area contributed by atoms with Crippen LogP contribution in [0.5, 0.6) is 0 Å². The Morgan fingerprint density at radius 2 is 1.55 bits per heavy atom. The molecule has 0 saturated carbocycles. The summed E-state index contributed by atoms with van der Waals surface area (Å²) in [5, 5.41) is 2.61. The van der Waals surface area contributed by atoms with E-state index in [2.05, 4.69) is 10.3 Å². The first-order chi connectivity index (χ1) is 14.9. The van der Waals surface area contributed by atoms with Gasteiger partial charge in [0.1, 0.15) is 6.33 Å². The normalized spacial score (nSPS) is 14.2. The molecule has 8 nitrogen and oxygen atoms in total. The summed E-state index contributed by atoms with van der Waals surface area (Å²) in [5.74, 6) is -1.23. The van der Waals surface area contributed by atoms with Gasteiger partial charge in [0.25, 0.3) is 5.91 Å². The van der Waals surface area contributed by atoms with E-state index in [1.54, 1.807) is 23.4 Å². The maximum atomic E-state index is 12.9. The zero-order valence-electron chi connectivity index (χ0n) is 17.6. The molecule has 0 radical (unpaired) electrons. The van der Waals surface area contributed by atoms with Gasteiger partial charge in [-0.05, 0) is 50.2 Å². The van der Waals surface area contributed by atoms with Crippen LogP contribution in [0.2, 0.25) is 0 Å². The summed E-state index contributed by atoms with van der Waals surface area (Å²) in [6.45, 7) is 5.09. The van der Waals surface area contributed by atoms with E-state index in [-0.39, 0.29) is 11.9 Å². The fourth-order valence-corrected chi connectivity index (χ4v) is 3.69. The number of benzene rings is 2. The lowest BCUT2D eigenvalue weighted by Crippen LogP contribution is -2.54. The highest BCUT2D eigenvalue weighted by Gasteiger charge is 2.28. The standard InChI is InChI=1S/C23H25N5O3/c1-16(2)25-21(29)23(31)27-13-11-26(12-14-27)22(30)17-7-9-18(10-8-17)28-15-24-19-5-3-4-6-20(19)28/h3-10,15-16H,11-14H2,1-2H3,(H,25,29). The molecule has 1 aliphatic heterocycles. The van der Waals surface area contributed by atoms with E-state index in [1.807, 2.05) is 54.8 Å². The lowest BCUT2D eigenvalue weighted by atomic mass is 10.1. The van der Waals surface area contributed by atoms with E-state index in [1.165, 1.54) is 4.90 Å². The van der Waals surface area contributed by atoms with Crippen molar-refractivity contribution in [1.29, 1.82) is 0 Å².